The predicted molar refractivity (Wildman–Crippen MR) is 180 cm³/mol. The van der Waals surface area contributed by atoms with Crippen molar-refractivity contribution >= 4 is 27.9 Å². The molecule has 1 saturated carbocycles. The summed E-state index contributed by atoms with van der Waals surface area (Å²) in [6.07, 6.45) is 13.9. The molecule has 1 fully saturated rings. The van der Waals surface area contributed by atoms with Crippen molar-refractivity contribution < 1.29 is 8.78 Å². The van der Waals surface area contributed by atoms with Gasteiger partial charge in [0, 0.05) is 58.2 Å². The lowest BCUT2D eigenvalue weighted by atomic mass is 9.87. The fraction of sp³-hybridized carbons (Fsp3) is 0.250. The van der Waals surface area contributed by atoms with E-state index >= 15 is 4.39 Å². The number of hydrogen-bond acceptors (Lipinski definition) is 6. The van der Waals surface area contributed by atoms with Crippen LogP contribution in [-0.4, -0.2) is 27.0 Å². The Balaban J connectivity index is 1.48. The molecule has 9 heteroatoms. The molecule has 5 rings (SSSR count). The number of aromatic nitrogens is 4. The number of allylic oxidation sites excluding steroid dienone is 5. The second-order valence-corrected chi connectivity index (χ2v) is 11.4. The van der Waals surface area contributed by atoms with E-state index in [0.29, 0.717) is 51.7 Å². The van der Waals surface area contributed by atoms with E-state index in [0.717, 1.165) is 24.1 Å². The molecular weight excluding hydrogens is 568 g/mol. The highest BCUT2D eigenvalue weighted by Gasteiger charge is 2.22. The lowest BCUT2D eigenvalue weighted by molar-refractivity contribution is 0.405. The van der Waals surface area contributed by atoms with Crippen molar-refractivity contribution in [1.29, 1.82) is 0 Å². The summed E-state index contributed by atoms with van der Waals surface area (Å²) in [6.45, 7) is 14.7. The Morgan fingerprint density at radius 1 is 1.02 bits per heavy atom. The molecule has 7 nitrogen and oxygen atoms in total. The number of rotatable bonds is 11. The van der Waals surface area contributed by atoms with E-state index in [2.05, 4.69) is 45.3 Å². The van der Waals surface area contributed by atoms with Gasteiger partial charge in [-0.05, 0) is 68.1 Å². The number of benzene rings is 1. The average molecular weight is 608 g/mol. The van der Waals surface area contributed by atoms with Crippen LogP contribution in [0.25, 0.3) is 33.3 Å². The Morgan fingerprint density at radius 3 is 2.51 bits per heavy atom. The average Bonchev–Trinajstić information content (AvgIpc) is 3.49. The highest BCUT2D eigenvalue weighted by Crippen LogP contribution is 2.37. The summed E-state index contributed by atoms with van der Waals surface area (Å²) in [4.78, 5) is 16.6. The van der Waals surface area contributed by atoms with Gasteiger partial charge in [-0.25, -0.2) is 13.8 Å². The molecule has 0 saturated heterocycles. The third-order valence-corrected chi connectivity index (χ3v) is 8.20. The summed E-state index contributed by atoms with van der Waals surface area (Å²) >= 11 is 0. The first-order valence-corrected chi connectivity index (χ1v) is 15.1. The third kappa shape index (κ3) is 6.94. The molecule has 0 amide bonds. The highest BCUT2D eigenvalue weighted by atomic mass is 19.1. The summed E-state index contributed by atoms with van der Waals surface area (Å²) in [5.41, 5.74) is 12.2. The van der Waals surface area contributed by atoms with Crippen LogP contribution in [0.4, 0.5) is 14.5 Å². The van der Waals surface area contributed by atoms with Crippen LogP contribution in [0.2, 0.25) is 0 Å². The van der Waals surface area contributed by atoms with Gasteiger partial charge in [0.05, 0.1) is 29.1 Å². The van der Waals surface area contributed by atoms with Crippen molar-refractivity contribution in [2.45, 2.75) is 45.6 Å². The minimum Gasteiger partial charge on any atom is -0.398 e. The number of hydrogen-bond donors (Lipinski definition) is 4. The monoisotopic (exact) mass is 607 g/mol. The van der Waals surface area contributed by atoms with Gasteiger partial charge < -0.3 is 21.4 Å². The van der Waals surface area contributed by atoms with Crippen LogP contribution < -0.4 is 16.4 Å². The third-order valence-electron chi connectivity index (χ3n) is 8.20. The maximum Gasteiger partial charge on any atom is 0.140 e. The first kappa shape index (κ1) is 31.5. The standard InChI is InChI=1S/C36H39F2N7/c1-6-31(39)33(34(38)21(2)27-15-29(18-41-17-27)43-23(4)25-10-8-7-9-11-25)22(3)36-44-32-20-42-19-30(35(32)45-36)26-12-24(16-40-5)13-28(37)14-26/h6,12-15,17-20,25,40,43H,2-4,7-11,16,39H2,1,5H3,(H,44,45)/b31-6+,34-33+. The second-order valence-electron chi connectivity index (χ2n) is 11.4. The summed E-state index contributed by atoms with van der Waals surface area (Å²) in [6, 6.07) is 6.60. The molecular formula is C36H39F2N7. The van der Waals surface area contributed by atoms with Crippen LogP contribution in [0.15, 0.2) is 97.7 Å². The van der Waals surface area contributed by atoms with Gasteiger partial charge in [0.15, 0.2) is 0 Å². The van der Waals surface area contributed by atoms with E-state index in [4.69, 9.17) is 10.7 Å². The summed E-state index contributed by atoms with van der Waals surface area (Å²) in [5, 5.41) is 6.41. The lowest BCUT2D eigenvalue weighted by Gasteiger charge is -2.24. The van der Waals surface area contributed by atoms with Crippen molar-refractivity contribution in [3.05, 3.63) is 120 Å². The normalized spacial score (nSPS) is 14.7. The molecule has 0 unspecified atom stereocenters. The smallest absolute Gasteiger partial charge is 0.140 e. The number of anilines is 1. The van der Waals surface area contributed by atoms with E-state index < -0.39 is 5.83 Å². The van der Waals surface area contributed by atoms with Gasteiger partial charge in [0.25, 0.3) is 0 Å². The lowest BCUT2D eigenvalue weighted by Crippen LogP contribution is -2.14. The number of fused-ring (bicyclic) bond motifs is 1. The van der Waals surface area contributed by atoms with Crippen molar-refractivity contribution in [2.24, 2.45) is 11.7 Å². The second kappa shape index (κ2) is 13.8. The molecule has 1 aromatic carbocycles. The first-order valence-electron chi connectivity index (χ1n) is 15.1. The zero-order valence-corrected chi connectivity index (χ0v) is 25.8. The van der Waals surface area contributed by atoms with Crippen molar-refractivity contribution in [3.8, 4) is 11.1 Å². The molecule has 3 heterocycles. The highest BCUT2D eigenvalue weighted by molar-refractivity contribution is 5.95. The van der Waals surface area contributed by atoms with Gasteiger partial charge in [-0.1, -0.05) is 45.1 Å². The Bertz CT molecular complexity index is 1830. The molecule has 0 aliphatic heterocycles. The Labute approximate surface area is 262 Å². The molecule has 45 heavy (non-hydrogen) atoms. The topological polar surface area (TPSA) is 105 Å². The Morgan fingerprint density at radius 2 is 1.78 bits per heavy atom. The molecule has 5 N–H and O–H groups in total. The molecule has 3 aromatic heterocycles. The number of imidazole rings is 1. The maximum absolute atomic E-state index is 16.4. The van der Waals surface area contributed by atoms with Gasteiger partial charge in [-0.3, -0.25) is 9.97 Å². The van der Waals surface area contributed by atoms with Crippen molar-refractivity contribution in [1.82, 2.24) is 25.3 Å². The molecule has 232 valence electrons. The molecule has 0 bridgehead atoms. The number of nitrogens with two attached hydrogens (primary N) is 1. The Hall–Kier alpha value is -4.89. The van der Waals surface area contributed by atoms with Crippen LogP contribution in [0, 0.1) is 11.7 Å². The summed E-state index contributed by atoms with van der Waals surface area (Å²) in [7, 11) is 1.80. The van der Waals surface area contributed by atoms with E-state index in [1.165, 1.54) is 31.4 Å². The van der Waals surface area contributed by atoms with E-state index in [1.54, 1.807) is 50.9 Å². The summed E-state index contributed by atoms with van der Waals surface area (Å²) < 4.78 is 30.9. The minimum absolute atomic E-state index is 0.0584. The van der Waals surface area contributed by atoms with Crippen LogP contribution in [-0.2, 0) is 6.54 Å². The number of nitrogens with one attached hydrogen (secondary N) is 3. The van der Waals surface area contributed by atoms with Gasteiger partial charge >= 0.3 is 0 Å². The molecule has 1 aliphatic carbocycles. The summed E-state index contributed by atoms with van der Waals surface area (Å²) in [5.74, 6) is -0.316. The van der Waals surface area contributed by atoms with Gasteiger partial charge in [-0.2, -0.15) is 0 Å². The van der Waals surface area contributed by atoms with Crippen LogP contribution in [0.3, 0.4) is 0 Å². The Kier molecular flexibility index (Phi) is 9.68. The number of H-pyrrole nitrogens is 1. The molecule has 1 aliphatic rings. The largest absolute Gasteiger partial charge is 0.398 e. The van der Waals surface area contributed by atoms with Crippen molar-refractivity contribution in [3.63, 3.8) is 0 Å². The molecule has 0 spiro atoms. The minimum atomic E-state index is -0.652. The van der Waals surface area contributed by atoms with E-state index in [1.807, 2.05) is 6.07 Å². The molecule has 4 aromatic rings. The SMILES string of the molecule is C=C(/C(F)=C(C(=C)c1nc2c(-c3cc(F)cc(CNC)c3)cncc2[nH]1)\C(N)=C/C)c1cncc(NC(=C)C2CCCCC2)c1. The quantitative estimate of drug-likeness (QED) is 0.128. The maximum atomic E-state index is 16.4. The van der Waals surface area contributed by atoms with E-state index in [9.17, 15) is 4.39 Å². The predicted octanol–water partition coefficient (Wildman–Crippen LogP) is 8.20. The van der Waals surface area contributed by atoms with E-state index in [-0.39, 0.29) is 28.2 Å². The fourth-order valence-electron chi connectivity index (χ4n) is 5.78. The van der Waals surface area contributed by atoms with Crippen LogP contribution in [0.5, 0.6) is 0 Å². The number of pyridine rings is 2. The number of halogens is 2. The fourth-order valence-corrected chi connectivity index (χ4v) is 5.78. The van der Waals surface area contributed by atoms with Gasteiger partial charge in [0.2, 0.25) is 0 Å². The number of nitrogens with zero attached hydrogens (tertiary/aromatic N) is 3. The molecule has 0 atom stereocenters. The number of aromatic amines is 1. The zero-order chi connectivity index (χ0) is 32.1. The van der Waals surface area contributed by atoms with Crippen LogP contribution in [0.1, 0.15) is 56.0 Å². The van der Waals surface area contributed by atoms with Crippen LogP contribution >= 0.6 is 0 Å². The zero-order valence-electron chi connectivity index (χ0n) is 25.8. The first-order chi connectivity index (χ1) is 21.7. The van der Waals surface area contributed by atoms with Crippen molar-refractivity contribution in [2.75, 3.05) is 12.4 Å². The molecule has 0 radical (unpaired) electrons. The van der Waals surface area contributed by atoms with Gasteiger partial charge in [-0.15, -0.1) is 0 Å². The van der Waals surface area contributed by atoms with Gasteiger partial charge in [0.1, 0.15) is 17.5 Å².